The standard InChI is InChI=1S/C54H35FN2O/c55-40-28-33-47-46-17-5-8-22-51(46)57(52(47)35-40)50-21-7-4-16-44(50)37-24-29-41(30-25-37)56(43-15-10-14-39(34-43)36-12-2-1-3-13-36)42-31-26-38(27-32-42)45-19-11-20-49-48-18-6-9-23-53(48)58-54(45)49/h1-35H. The molecule has 0 aliphatic rings. The molecule has 274 valence electrons. The SMILES string of the molecule is Fc1ccc2c3ccccc3n(-c3ccccc3-c3ccc(N(c4ccc(-c5cccc6c5oc5ccccc56)cc4)c4cccc(-c5ccccc5)c4)cc3)c2c1. The van der Waals surface area contributed by atoms with E-state index in [9.17, 15) is 4.39 Å². The van der Waals surface area contributed by atoms with E-state index in [0.717, 1.165) is 99.9 Å². The molecule has 0 saturated heterocycles. The zero-order valence-corrected chi connectivity index (χ0v) is 31.4. The summed E-state index contributed by atoms with van der Waals surface area (Å²) in [6, 6.07) is 73.0. The van der Waals surface area contributed by atoms with E-state index in [-0.39, 0.29) is 5.82 Å². The van der Waals surface area contributed by atoms with E-state index in [0.29, 0.717) is 0 Å². The van der Waals surface area contributed by atoms with Gasteiger partial charge in [-0.1, -0.05) is 140 Å². The molecule has 0 saturated carbocycles. The summed E-state index contributed by atoms with van der Waals surface area (Å²) < 4.78 is 23.4. The van der Waals surface area contributed by atoms with Crippen LogP contribution in [0.1, 0.15) is 0 Å². The molecule has 4 heteroatoms. The molecular formula is C54H35FN2O. The fourth-order valence-electron chi connectivity index (χ4n) is 8.57. The van der Waals surface area contributed by atoms with Crippen LogP contribution in [0.2, 0.25) is 0 Å². The number of halogens is 1. The second-order valence-electron chi connectivity index (χ2n) is 14.7. The largest absolute Gasteiger partial charge is 0.455 e. The average Bonchev–Trinajstić information content (AvgIpc) is 3.83. The maximum atomic E-state index is 14.8. The van der Waals surface area contributed by atoms with Gasteiger partial charge < -0.3 is 13.9 Å². The Morgan fingerprint density at radius 2 is 0.983 bits per heavy atom. The minimum atomic E-state index is -0.255. The summed E-state index contributed by atoms with van der Waals surface area (Å²) in [5, 5.41) is 4.35. The normalized spacial score (nSPS) is 11.5. The maximum absolute atomic E-state index is 14.8. The van der Waals surface area contributed by atoms with Gasteiger partial charge in [-0.3, -0.25) is 0 Å². The third-order valence-corrected chi connectivity index (χ3v) is 11.3. The summed E-state index contributed by atoms with van der Waals surface area (Å²) in [5.74, 6) is -0.255. The predicted molar refractivity (Wildman–Crippen MR) is 239 cm³/mol. The third-order valence-electron chi connectivity index (χ3n) is 11.3. The number of nitrogens with zero attached hydrogens (tertiary/aromatic N) is 2. The molecule has 0 N–H and O–H groups in total. The van der Waals surface area contributed by atoms with E-state index in [1.807, 2.05) is 42.5 Å². The first-order chi connectivity index (χ1) is 28.7. The van der Waals surface area contributed by atoms with E-state index >= 15 is 0 Å². The molecule has 11 rings (SSSR count). The van der Waals surface area contributed by atoms with Crippen molar-refractivity contribution in [1.29, 1.82) is 0 Å². The lowest BCUT2D eigenvalue weighted by Crippen LogP contribution is -2.10. The fourth-order valence-corrected chi connectivity index (χ4v) is 8.57. The van der Waals surface area contributed by atoms with Crippen LogP contribution < -0.4 is 4.90 Å². The number of fused-ring (bicyclic) bond motifs is 6. The summed E-state index contributed by atoms with van der Waals surface area (Å²) in [6.45, 7) is 0. The fraction of sp³-hybridized carbons (Fsp3) is 0. The average molecular weight is 747 g/mol. The number of anilines is 3. The summed E-state index contributed by atoms with van der Waals surface area (Å²) >= 11 is 0. The van der Waals surface area contributed by atoms with Crippen LogP contribution in [0.3, 0.4) is 0 Å². The van der Waals surface area contributed by atoms with E-state index in [1.165, 1.54) is 0 Å². The highest BCUT2D eigenvalue weighted by atomic mass is 19.1. The third kappa shape index (κ3) is 5.65. The molecule has 2 aromatic heterocycles. The van der Waals surface area contributed by atoms with E-state index in [1.54, 1.807) is 12.1 Å². The van der Waals surface area contributed by atoms with Crippen molar-refractivity contribution in [2.45, 2.75) is 0 Å². The van der Waals surface area contributed by atoms with Gasteiger partial charge >= 0.3 is 0 Å². The minimum absolute atomic E-state index is 0.255. The first kappa shape index (κ1) is 33.6. The Morgan fingerprint density at radius 3 is 1.79 bits per heavy atom. The predicted octanol–water partition coefficient (Wildman–Crippen LogP) is 15.3. The number of hydrogen-bond acceptors (Lipinski definition) is 2. The van der Waals surface area contributed by atoms with Crippen molar-refractivity contribution >= 4 is 60.8 Å². The number of rotatable bonds is 7. The first-order valence-electron chi connectivity index (χ1n) is 19.5. The number of furan rings is 1. The Kier molecular flexibility index (Phi) is 8.00. The summed E-state index contributed by atoms with van der Waals surface area (Å²) in [7, 11) is 0. The summed E-state index contributed by atoms with van der Waals surface area (Å²) in [6.07, 6.45) is 0. The van der Waals surface area contributed by atoms with Crippen LogP contribution in [0.5, 0.6) is 0 Å². The second-order valence-corrected chi connectivity index (χ2v) is 14.7. The van der Waals surface area contributed by atoms with Crippen molar-refractivity contribution in [3.05, 3.63) is 218 Å². The molecule has 9 aromatic carbocycles. The highest BCUT2D eigenvalue weighted by molar-refractivity contribution is 6.10. The first-order valence-corrected chi connectivity index (χ1v) is 19.5. The van der Waals surface area contributed by atoms with Gasteiger partial charge in [0.05, 0.1) is 16.7 Å². The molecular weight excluding hydrogens is 712 g/mol. The molecule has 0 radical (unpaired) electrons. The molecule has 58 heavy (non-hydrogen) atoms. The number of benzene rings is 9. The van der Waals surface area contributed by atoms with Gasteiger partial charge in [0, 0.05) is 49.7 Å². The van der Waals surface area contributed by atoms with Gasteiger partial charge in [0.2, 0.25) is 0 Å². The van der Waals surface area contributed by atoms with Crippen LogP contribution in [0.25, 0.3) is 82.8 Å². The number of aromatic nitrogens is 1. The summed E-state index contributed by atoms with van der Waals surface area (Å²) in [5.41, 5.74) is 14.3. The number of para-hydroxylation sites is 4. The molecule has 0 amide bonds. The Hall–Kier alpha value is -7.69. The Labute approximate surface area is 335 Å². The second kappa shape index (κ2) is 13.8. The van der Waals surface area contributed by atoms with Crippen molar-refractivity contribution in [2.75, 3.05) is 4.90 Å². The lowest BCUT2D eigenvalue weighted by molar-refractivity contribution is 0.629. The van der Waals surface area contributed by atoms with Crippen molar-refractivity contribution in [1.82, 2.24) is 4.57 Å². The summed E-state index contributed by atoms with van der Waals surface area (Å²) in [4.78, 5) is 2.31. The van der Waals surface area contributed by atoms with Crippen LogP contribution >= 0.6 is 0 Å². The quantitative estimate of drug-likeness (QED) is 0.162. The van der Waals surface area contributed by atoms with Crippen molar-refractivity contribution < 1.29 is 8.81 Å². The molecule has 0 aliphatic heterocycles. The van der Waals surface area contributed by atoms with E-state index in [4.69, 9.17) is 4.42 Å². The minimum Gasteiger partial charge on any atom is -0.455 e. The van der Waals surface area contributed by atoms with Gasteiger partial charge in [-0.15, -0.1) is 0 Å². The molecule has 0 spiro atoms. The molecule has 0 bridgehead atoms. The van der Waals surface area contributed by atoms with Gasteiger partial charge in [0.15, 0.2) is 0 Å². The van der Waals surface area contributed by atoms with Crippen LogP contribution in [0.4, 0.5) is 21.5 Å². The highest BCUT2D eigenvalue weighted by Crippen LogP contribution is 2.42. The van der Waals surface area contributed by atoms with E-state index < -0.39 is 0 Å². The van der Waals surface area contributed by atoms with Gasteiger partial charge in [0.25, 0.3) is 0 Å². The van der Waals surface area contributed by atoms with Gasteiger partial charge in [-0.2, -0.15) is 0 Å². The van der Waals surface area contributed by atoms with E-state index in [2.05, 4.69) is 167 Å². The van der Waals surface area contributed by atoms with Gasteiger partial charge in [-0.25, -0.2) is 4.39 Å². The van der Waals surface area contributed by atoms with Crippen molar-refractivity contribution in [3.8, 4) is 39.1 Å². The van der Waals surface area contributed by atoms with Gasteiger partial charge in [-0.05, 0) is 95.1 Å². The molecule has 11 aromatic rings. The highest BCUT2D eigenvalue weighted by Gasteiger charge is 2.19. The maximum Gasteiger partial charge on any atom is 0.143 e. The Morgan fingerprint density at radius 1 is 0.379 bits per heavy atom. The van der Waals surface area contributed by atoms with Crippen LogP contribution in [0, 0.1) is 5.82 Å². The zero-order chi connectivity index (χ0) is 38.6. The topological polar surface area (TPSA) is 21.3 Å². The molecule has 0 aliphatic carbocycles. The van der Waals surface area contributed by atoms with Crippen molar-refractivity contribution in [3.63, 3.8) is 0 Å². The van der Waals surface area contributed by atoms with Crippen LogP contribution in [-0.4, -0.2) is 4.57 Å². The van der Waals surface area contributed by atoms with Crippen LogP contribution in [-0.2, 0) is 0 Å². The zero-order valence-electron chi connectivity index (χ0n) is 31.4. The molecule has 0 atom stereocenters. The molecule has 0 unspecified atom stereocenters. The number of hydrogen-bond donors (Lipinski definition) is 0. The monoisotopic (exact) mass is 746 g/mol. The Balaban J connectivity index is 1.02. The molecule has 0 fully saturated rings. The Bertz CT molecular complexity index is 3290. The lowest BCUT2D eigenvalue weighted by Gasteiger charge is -2.26. The molecule has 2 heterocycles. The van der Waals surface area contributed by atoms with Crippen LogP contribution in [0.15, 0.2) is 217 Å². The van der Waals surface area contributed by atoms with Gasteiger partial charge in [0.1, 0.15) is 17.0 Å². The smallest absolute Gasteiger partial charge is 0.143 e. The molecule has 3 nitrogen and oxygen atoms in total. The van der Waals surface area contributed by atoms with Crippen molar-refractivity contribution in [2.24, 2.45) is 0 Å². The lowest BCUT2D eigenvalue weighted by atomic mass is 10.0.